The molecule has 0 spiro atoms. The summed E-state index contributed by atoms with van der Waals surface area (Å²) in [6, 6.07) is -3.24. The van der Waals surface area contributed by atoms with Gasteiger partial charge in [-0.15, -0.1) is 0 Å². The Bertz CT molecular complexity index is 1060. The first-order valence-electron chi connectivity index (χ1n) is 17.7. The maximum absolute atomic E-state index is 13.7. The third-order valence-electron chi connectivity index (χ3n) is 8.07. The minimum Gasteiger partial charge on any atom is -0.444 e. The van der Waals surface area contributed by atoms with Gasteiger partial charge in [-0.2, -0.15) is 11.8 Å². The van der Waals surface area contributed by atoms with Crippen LogP contribution in [0.15, 0.2) is 0 Å². The normalized spacial score (nSPS) is 17.5. The summed E-state index contributed by atoms with van der Waals surface area (Å²) in [5.41, 5.74) is -0.747. The van der Waals surface area contributed by atoms with Gasteiger partial charge in [-0.25, -0.2) is 4.79 Å². The third kappa shape index (κ3) is 17.3. The second-order valence-electron chi connectivity index (χ2n) is 15.3. The van der Waals surface area contributed by atoms with Crippen molar-refractivity contribution >= 4 is 41.5 Å². The van der Waals surface area contributed by atoms with E-state index in [9.17, 15) is 29.1 Å². The molecule has 5 N–H and O–H groups in total. The number of aliphatic hydroxyl groups excluding tert-OH is 1. The van der Waals surface area contributed by atoms with Crippen LogP contribution in [0.4, 0.5) is 4.79 Å². The van der Waals surface area contributed by atoms with Crippen LogP contribution in [0.2, 0.25) is 0 Å². The van der Waals surface area contributed by atoms with Gasteiger partial charge in [0.1, 0.15) is 23.7 Å². The van der Waals surface area contributed by atoms with Crippen LogP contribution < -0.4 is 21.3 Å². The van der Waals surface area contributed by atoms with Crippen LogP contribution in [0.5, 0.6) is 0 Å². The van der Waals surface area contributed by atoms with Crippen molar-refractivity contribution in [2.45, 2.75) is 131 Å². The lowest BCUT2D eigenvalue weighted by Crippen LogP contribution is -2.58. The quantitative estimate of drug-likeness (QED) is 0.135. The van der Waals surface area contributed by atoms with E-state index in [4.69, 9.17) is 9.47 Å². The average Bonchev–Trinajstić information content (AvgIpc) is 2.99. The lowest BCUT2D eigenvalue weighted by molar-refractivity contribution is -0.141. The Hall–Kier alpha value is -2.58. The summed E-state index contributed by atoms with van der Waals surface area (Å²) >= 11 is 1.52. The number of hydrogen-bond donors (Lipinski definition) is 5. The zero-order chi connectivity index (χ0) is 37.5. The van der Waals surface area contributed by atoms with Gasteiger partial charge in [0.2, 0.25) is 23.6 Å². The van der Waals surface area contributed by atoms with E-state index in [2.05, 4.69) is 21.3 Å². The van der Waals surface area contributed by atoms with Crippen molar-refractivity contribution in [2.24, 2.45) is 23.7 Å². The zero-order valence-corrected chi connectivity index (χ0v) is 32.5. The second-order valence-corrected chi connectivity index (χ2v) is 16.3. The molecule has 0 aromatic heterocycles. The number of morpholine rings is 1. The van der Waals surface area contributed by atoms with Crippen molar-refractivity contribution in [3.05, 3.63) is 0 Å². The zero-order valence-electron chi connectivity index (χ0n) is 31.7. The molecule has 1 heterocycles. The number of aliphatic hydroxyl groups is 1. The van der Waals surface area contributed by atoms with Crippen LogP contribution in [0.25, 0.3) is 0 Å². The van der Waals surface area contributed by atoms with Crippen molar-refractivity contribution in [3.63, 3.8) is 0 Å². The van der Waals surface area contributed by atoms with Gasteiger partial charge in [0.25, 0.3) is 0 Å². The SMILES string of the molecule is CSCC[C@H](NC(=O)[C@@H](NC(=O)OC(C)(C)C)C(C)C)C(=O)N[C@@H](CC(C)C)[C@@H](O)C[C@@H](C)C(=O)N[C@@H](CC(C)C)C(=O)N1CCOCC1. The Balaban J connectivity index is 3.04. The van der Waals surface area contributed by atoms with E-state index in [0.717, 1.165) is 0 Å². The molecule has 14 heteroatoms. The highest BCUT2D eigenvalue weighted by molar-refractivity contribution is 7.98. The van der Waals surface area contributed by atoms with Gasteiger partial charge in [-0.3, -0.25) is 19.2 Å². The number of rotatable bonds is 19. The van der Waals surface area contributed by atoms with Crippen molar-refractivity contribution in [1.29, 1.82) is 0 Å². The number of amides is 5. The summed E-state index contributed by atoms with van der Waals surface area (Å²) in [7, 11) is 0. The number of carbonyl (C=O) groups excluding carboxylic acids is 5. The van der Waals surface area contributed by atoms with Crippen LogP contribution in [0.1, 0.15) is 94.9 Å². The molecule has 284 valence electrons. The maximum atomic E-state index is 13.7. The van der Waals surface area contributed by atoms with Gasteiger partial charge < -0.3 is 40.7 Å². The Morgan fingerprint density at radius 1 is 0.796 bits per heavy atom. The number of carbonyl (C=O) groups is 5. The highest BCUT2D eigenvalue weighted by Gasteiger charge is 2.34. The lowest BCUT2D eigenvalue weighted by atomic mass is 9.91. The molecule has 0 radical (unpaired) electrons. The molecule has 13 nitrogen and oxygen atoms in total. The standard InChI is InChI=1S/C35H65N5O8S/c1-21(2)18-26(28(41)20-24(7)30(42)38-27(19-22(3)4)33(45)40-13-15-47-16-14-40)37-31(43)25(12-17-49-11)36-32(44)29(23(5)6)39-34(46)48-35(8,9)10/h21-29,41H,12-20H2,1-11H3,(H,36,44)(H,37,43)(H,38,42)(H,39,46)/t24-,25+,26+,27+,28+,29+/m1/s1. The molecule has 1 aliphatic rings. The molecule has 1 saturated heterocycles. The van der Waals surface area contributed by atoms with E-state index in [0.29, 0.717) is 51.3 Å². The Kier molecular flexibility index (Phi) is 19.6. The van der Waals surface area contributed by atoms with Gasteiger partial charge in [0.15, 0.2) is 0 Å². The lowest BCUT2D eigenvalue weighted by Gasteiger charge is -2.32. The fourth-order valence-corrected chi connectivity index (χ4v) is 5.95. The molecule has 5 amide bonds. The number of alkyl carbamates (subject to hydrolysis) is 1. The van der Waals surface area contributed by atoms with Crippen molar-refractivity contribution in [1.82, 2.24) is 26.2 Å². The molecule has 0 saturated carbocycles. The van der Waals surface area contributed by atoms with E-state index in [1.807, 2.05) is 34.0 Å². The average molecular weight is 716 g/mol. The summed E-state index contributed by atoms with van der Waals surface area (Å²) in [6.07, 6.45) is 1.40. The Morgan fingerprint density at radius 3 is 1.88 bits per heavy atom. The first-order chi connectivity index (χ1) is 22.7. The monoisotopic (exact) mass is 715 g/mol. The second kappa shape index (κ2) is 21.6. The summed E-state index contributed by atoms with van der Waals surface area (Å²) in [4.78, 5) is 67.9. The van der Waals surface area contributed by atoms with E-state index < -0.39 is 59.7 Å². The van der Waals surface area contributed by atoms with Crippen molar-refractivity contribution < 1.29 is 38.6 Å². The molecule has 0 aromatic carbocycles. The van der Waals surface area contributed by atoms with Gasteiger partial charge in [0.05, 0.1) is 25.4 Å². The molecule has 1 fully saturated rings. The third-order valence-corrected chi connectivity index (χ3v) is 8.71. The number of ether oxygens (including phenoxy) is 2. The van der Waals surface area contributed by atoms with Gasteiger partial charge >= 0.3 is 6.09 Å². The van der Waals surface area contributed by atoms with Crippen molar-refractivity contribution in [2.75, 3.05) is 38.3 Å². The molecule has 0 bridgehead atoms. The highest BCUT2D eigenvalue weighted by Crippen LogP contribution is 2.18. The minimum atomic E-state index is -1.07. The predicted octanol–water partition coefficient (Wildman–Crippen LogP) is 3.08. The number of nitrogens with zero attached hydrogens (tertiary/aromatic N) is 1. The summed E-state index contributed by atoms with van der Waals surface area (Å²) in [5.74, 6) is -1.53. The first-order valence-corrected chi connectivity index (χ1v) is 19.1. The Morgan fingerprint density at radius 2 is 1.37 bits per heavy atom. The maximum Gasteiger partial charge on any atom is 0.408 e. The molecule has 49 heavy (non-hydrogen) atoms. The molecule has 0 unspecified atom stereocenters. The van der Waals surface area contributed by atoms with E-state index >= 15 is 0 Å². The Labute approximate surface area is 298 Å². The summed E-state index contributed by atoms with van der Waals surface area (Å²) < 4.78 is 10.7. The predicted molar refractivity (Wildman–Crippen MR) is 193 cm³/mol. The minimum absolute atomic E-state index is 0.0563. The summed E-state index contributed by atoms with van der Waals surface area (Å²) in [6.45, 7) is 20.3. The number of thioether (sulfide) groups is 1. The van der Waals surface area contributed by atoms with Crippen LogP contribution in [-0.4, -0.2) is 114 Å². The first kappa shape index (κ1) is 44.4. The molecule has 0 aliphatic carbocycles. The molecular formula is C35H65N5O8S. The van der Waals surface area contributed by atoms with E-state index in [1.165, 1.54) is 11.8 Å². The number of hydrogen-bond acceptors (Lipinski definition) is 9. The van der Waals surface area contributed by atoms with E-state index in [1.54, 1.807) is 46.4 Å². The molecular weight excluding hydrogens is 650 g/mol. The fourth-order valence-electron chi connectivity index (χ4n) is 5.48. The van der Waals surface area contributed by atoms with Gasteiger partial charge in [-0.1, -0.05) is 48.5 Å². The van der Waals surface area contributed by atoms with Crippen LogP contribution in [-0.2, 0) is 28.7 Å². The molecule has 1 aliphatic heterocycles. The van der Waals surface area contributed by atoms with Crippen LogP contribution in [0, 0.1) is 23.7 Å². The fraction of sp³-hybridized carbons (Fsp3) is 0.857. The van der Waals surface area contributed by atoms with Gasteiger partial charge in [0, 0.05) is 19.0 Å². The van der Waals surface area contributed by atoms with E-state index in [-0.39, 0.29) is 36.0 Å². The number of nitrogens with one attached hydrogen (secondary N) is 4. The van der Waals surface area contributed by atoms with Crippen molar-refractivity contribution in [3.8, 4) is 0 Å². The smallest absolute Gasteiger partial charge is 0.408 e. The molecule has 1 rings (SSSR count). The van der Waals surface area contributed by atoms with Gasteiger partial charge in [-0.05, 0) is 76.2 Å². The molecule has 6 atom stereocenters. The molecule has 0 aromatic rings. The topological polar surface area (TPSA) is 175 Å². The highest BCUT2D eigenvalue weighted by atomic mass is 32.2. The van der Waals surface area contributed by atoms with Crippen LogP contribution >= 0.6 is 11.8 Å². The van der Waals surface area contributed by atoms with Crippen LogP contribution in [0.3, 0.4) is 0 Å². The largest absolute Gasteiger partial charge is 0.444 e. The summed E-state index contributed by atoms with van der Waals surface area (Å²) in [5, 5.41) is 22.7.